The SMILES string of the molecule is CCOC(=O)c1c(-c2ccc(F)cc2)nc(=O)n(Cc2ccc(/C(O)=C/C(=O)C(=O)O)cc2)c1C. The van der Waals surface area contributed by atoms with E-state index in [4.69, 9.17) is 9.84 Å². The van der Waals surface area contributed by atoms with Gasteiger partial charge in [-0.15, -0.1) is 0 Å². The van der Waals surface area contributed by atoms with Crippen LogP contribution >= 0.6 is 0 Å². The van der Waals surface area contributed by atoms with Crippen LogP contribution in [0, 0.1) is 12.7 Å². The summed E-state index contributed by atoms with van der Waals surface area (Å²) in [4.78, 5) is 51.6. The van der Waals surface area contributed by atoms with Gasteiger partial charge in [0.25, 0.3) is 5.78 Å². The largest absolute Gasteiger partial charge is 0.507 e. The number of carboxylic acid groups (broad SMARTS) is 1. The summed E-state index contributed by atoms with van der Waals surface area (Å²) in [6.45, 7) is 3.34. The fourth-order valence-corrected chi connectivity index (χ4v) is 3.34. The zero-order chi connectivity index (χ0) is 25.7. The number of aliphatic carboxylic acids is 1. The van der Waals surface area contributed by atoms with E-state index in [0.29, 0.717) is 22.9 Å². The minimum absolute atomic E-state index is 0.0204. The Bertz CT molecular complexity index is 1370. The number of carbonyl (C=O) groups is 3. The first-order valence-electron chi connectivity index (χ1n) is 10.4. The maximum Gasteiger partial charge on any atom is 0.376 e. The van der Waals surface area contributed by atoms with Gasteiger partial charge in [0, 0.05) is 22.9 Å². The van der Waals surface area contributed by atoms with Gasteiger partial charge >= 0.3 is 17.6 Å². The molecule has 0 fully saturated rings. The molecule has 3 rings (SSSR count). The smallest absolute Gasteiger partial charge is 0.376 e. The second kappa shape index (κ2) is 10.6. The molecule has 9 nitrogen and oxygen atoms in total. The number of aromatic nitrogens is 2. The first-order valence-corrected chi connectivity index (χ1v) is 10.4. The summed E-state index contributed by atoms with van der Waals surface area (Å²) >= 11 is 0. The van der Waals surface area contributed by atoms with Crippen LogP contribution in [-0.4, -0.2) is 44.1 Å². The van der Waals surface area contributed by atoms with E-state index in [1.165, 1.54) is 41.0 Å². The molecular formula is C25H21FN2O7. The number of hydrogen-bond donors (Lipinski definition) is 2. The van der Waals surface area contributed by atoms with E-state index >= 15 is 0 Å². The van der Waals surface area contributed by atoms with Gasteiger partial charge in [-0.05, 0) is 43.7 Å². The third kappa shape index (κ3) is 5.67. The van der Waals surface area contributed by atoms with Gasteiger partial charge in [0.05, 0.1) is 18.8 Å². The number of benzene rings is 2. The highest BCUT2D eigenvalue weighted by molar-refractivity contribution is 6.38. The highest BCUT2D eigenvalue weighted by Crippen LogP contribution is 2.24. The number of aliphatic hydroxyl groups excluding tert-OH is 1. The Morgan fingerprint density at radius 2 is 1.69 bits per heavy atom. The monoisotopic (exact) mass is 480 g/mol. The summed E-state index contributed by atoms with van der Waals surface area (Å²) in [5.41, 5.74) is 0.977. The molecule has 0 radical (unpaired) electrons. The van der Waals surface area contributed by atoms with E-state index in [-0.39, 0.29) is 30.0 Å². The Kier molecular flexibility index (Phi) is 7.55. The molecule has 0 atom stereocenters. The number of ketones is 1. The van der Waals surface area contributed by atoms with Gasteiger partial charge in [-0.2, -0.15) is 4.98 Å². The maximum atomic E-state index is 13.4. The third-order valence-electron chi connectivity index (χ3n) is 5.11. The van der Waals surface area contributed by atoms with Gasteiger partial charge in [0.2, 0.25) is 0 Å². The number of nitrogens with zero attached hydrogens (tertiary/aromatic N) is 2. The van der Waals surface area contributed by atoms with Gasteiger partial charge in [-0.3, -0.25) is 9.36 Å². The lowest BCUT2D eigenvalue weighted by molar-refractivity contribution is -0.146. The van der Waals surface area contributed by atoms with Crippen LogP contribution in [0.1, 0.15) is 34.1 Å². The lowest BCUT2D eigenvalue weighted by Gasteiger charge is -2.16. The molecule has 2 aromatic carbocycles. The molecule has 0 saturated heterocycles. The zero-order valence-corrected chi connectivity index (χ0v) is 18.8. The second-order valence-corrected chi connectivity index (χ2v) is 7.41. The highest BCUT2D eigenvalue weighted by atomic mass is 19.1. The van der Waals surface area contributed by atoms with Crippen LogP contribution in [0.3, 0.4) is 0 Å². The average molecular weight is 480 g/mol. The lowest BCUT2D eigenvalue weighted by Crippen LogP contribution is -2.29. The van der Waals surface area contributed by atoms with Crippen molar-refractivity contribution >= 4 is 23.5 Å². The molecule has 0 aliphatic rings. The fraction of sp³-hybridized carbons (Fsp3) is 0.160. The fourth-order valence-electron chi connectivity index (χ4n) is 3.34. The van der Waals surface area contributed by atoms with Crippen LogP contribution in [-0.2, 0) is 20.9 Å². The summed E-state index contributed by atoms with van der Waals surface area (Å²) in [5, 5.41) is 18.6. The number of ether oxygens (including phenoxy) is 1. The van der Waals surface area contributed by atoms with Crippen molar-refractivity contribution in [3.63, 3.8) is 0 Å². The van der Waals surface area contributed by atoms with E-state index in [1.54, 1.807) is 26.0 Å². The number of carboxylic acids is 1. The number of aliphatic hydroxyl groups is 1. The van der Waals surface area contributed by atoms with Gasteiger partial charge in [-0.25, -0.2) is 18.8 Å². The van der Waals surface area contributed by atoms with Crippen molar-refractivity contribution < 1.29 is 33.7 Å². The van der Waals surface area contributed by atoms with Gasteiger partial charge in [0.1, 0.15) is 17.1 Å². The molecule has 1 heterocycles. The molecule has 3 aromatic rings. The maximum absolute atomic E-state index is 13.4. The third-order valence-corrected chi connectivity index (χ3v) is 5.11. The first-order chi connectivity index (χ1) is 16.6. The number of halogens is 1. The van der Waals surface area contributed by atoms with Crippen molar-refractivity contribution in [1.29, 1.82) is 0 Å². The molecule has 35 heavy (non-hydrogen) atoms. The molecule has 180 valence electrons. The van der Waals surface area contributed by atoms with E-state index < -0.39 is 35.0 Å². The lowest BCUT2D eigenvalue weighted by atomic mass is 10.0. The summed E-state index contributed by atoms with van der Waals surface area (Å²) in [6.07, 6.45) is 0.593. The Morgan fingerprint density at radius 3 is 2.26 bits per heavy atom. The van der Waals surface area contributed by atoms with Crippen LogP contribution < -0.4 is 5.69 Å². The summed E-state index contributed by atoms with van der Waals surface area (Å²) in [5.74, 6) is -4.65. The molecule has 2 N–H and O–H groups in total. The Morgan fingerprint density at radius 1 is 1.06 bits per heavy atom. The molecule has 0 unspecified atom stereocenters. The normalized spacial score (nSPS) is 11.2. The minimum Gasteiger partial charge on any atom is -0.507 e. The van der Waals surface area contributed by atoms with E-state index in [0.717, 1.165) is 0 Å². The number of carbonyl (C=O) groups excluding carboxylic acids is 2. The summed E-state index contributed by atoms with van der Waals surface area (Å²) in [7, 11) is 0. The van der Waals surface area contributed by atoms with Crippen LogP contribution in [0.5, 0.6) is 0 Å². The first kappa shape index (κ1) is 25.0. The molecule has 0 bridgehead atoms. The zero-order valence-electron chi connectivity index (χ0n) is 18.8. The number of hydrogen-bond acceptors (Lipinski definition) is 7. The van der Waals surface area contributed by atoms with Crippen molar-refractivity contribution in [3.8, 4) is 11.3 Å². The van der Waals surface area contributed by atoms with Crippen LogP contribution in [0.25, 0.3) is 17.0 Å². The van der Waals surface area contributed by atoms with Gasteiger partial charge in [0.15, 0.2) is 0 Å². The van der Waals surface area contributed by atoms with Crippen molar-refractivity contribution in [2.24, 2.45) is 0 Å². The number of rotatable bonds is 8. The van der Waals surface area contributed by atoms with Gasteiger partial charge < -0.3 is 14.9 Å². The molecule has 0 amide bonds. The molecule has 0 aliphatic heterocycles. The van der Waals surface area contributed by atoms with Crippen LogP contribution in [0.15, 0.2) is 59.4 Å². The average Bonchev–Trinajstić information content (AvgIpc) is 2.82. The van der Waals surface area contributed by atoms with Crippen LogP contribution in [0.2, 0.25) is 0 Å². The molecule has 0 aliphatic carbocycles. The topological polar surface area (TPSA) is 136 Å². The van der Waals surface area contributed by atoms with Crippen molar-refractivity contribution in [1.82, 2.24) is 9.55 Å². The second-order valence-electron chi connectivity index (χ2n) is 7.41. The summed E-state index contributed by atoms with van der Waals surface area (Å²) in [6, 6.07) is 11.2. The Labute approximate surface area is 198 Å². The van der Waals surface area contributed by atoms with E-state index in [2.05, 4.69) is 4.98 Å². The van der Waals surface area contributed by atoms with Crippen LogP contribution in [0.4, 0.5) is 4.39 Å². The quantitative estimate of drug-likeness (QED) is 0.217. The molecular weight excluding hydrogens is 459 g/mol. The van der Waals surface area contributed by atoms with Crippen molar-refractivity contribution in [3.05, 3.63) is 93.3 Å². The van der Waals surface area contributed by atoms with Crippen molar-refractivity contribution in [2.45, 2.75) is 20.4 Å². The standard InChI is InChI=1S/C25H21FN2O7/c1-3-35-24(33)21-14(2)28(25(34)27-22(21)17-8-10-18(26)11-9-17)13-15-4-6-16(7-5-15)19(29)12-20(30)23(31)32/h4-12,29H,3,13H2,1-2H3,(H,31,32)/b19-12-. The Balaban J connectivity index is 2.01. The molecule has 0 saturated carbocycles. The predicted molar refractivity (Wildman–Crippen MR) is 123 cm³/mol. The highest BCUT2D eigenvalue weighted by Gasteiger charge is 2.23. The van der Waals surface area contributed by atoms with E-state index in [9.17, 15) is 28.7 Å². The van der Waals surface area contributed by atoms with Gasteiger partial charge in [-0.1, -0.05) is 24.3 Å². The van der Waals surface area contributed by atoms with Crippen molar-refractivity contribution in [2.75, 3.05) is 6.61 Å². The minimum atomic E-state index is -1.70. The Hall–Kier alpha value is -4.60. The molecule has 10 heteroatoms. The molecule has 1 aromatic heterocycles. The predicted octanol–water partition coefficient (Wildman–Crippen LogP) is 3.14. The summed E-state index contributed by atoms with van der Waals surface area (Å²) < 4.78 is 19.8. The number of esters is 1. The van der Waals surface area contributed by atoms with E-state index in [1.807, 2.05) is 0 Å². The molecule has 0 spiro atoms.